The van der Waals surface area contributed by atoms with Crippen LogP contribution in [0.1, 0.15) is 17.3 Å². The third-order valence-electron chi connectivity index (χ3n) is 3.16. The van der Waals surface area contributed by atoms with E-state index in [2.05, 4.69) is 9.97 Å². The number of H-pyrrole nitrogens is 1. The largest absolute Gasteiger partial charge is 0.363 e. The van der Waals surface area contributed by atoms with Crippen molar-refractivity contribution in [2.45, 2.75) is 6.04 Å². The summed E-state index contributed by atoms with van der Waals surface area (Å²) in [5.74, 6) is 0. The molecule has 0 amide bonds. The number of nitrogens with zero attached hydrogens (tertiary/aromatic N) is 3. The van der Waals surface area contributed by atoms with Crippen LogP contribution in [0.25, 0.3) is 0 Å². The van der Waals surface area contributed by atoms with Gasteiger partial charge in [0.2, 0.25) is 0 Å². The van der Waals surface area contributed by atoms with Crippen molar-refractivity contribution in [2.24, 2.45) is 0 Å². The molecule has 0 bridgehead atoms. The summed E-state index contributed by atoms with van der Waals surface area (Å²) >= 11 is 0. The molecular weight excluding hydrogens is 256 g/mol. The number of nitro groups is 1. The molecule has 6 nitrogen and oxygen atoms in total. The first kappa shape index (κ1) is 12.2. The monoisotopic (exact) mass is 268 g/mol. The maximum absolute atomic E-state index is 10.7. The highest BCUT2D eigenvalue weighted by molar-refractivity contribution is 5.37. The second kappa shape index (κ2) is 5.00. The number of imidazole rings is 1. The minimum atomic E-state index is -0.398. The highest BCUT2D eigenvalue weighted by Gasteiger charge is 2.17. The quantitative estimate of drug-likeness (QED) is 0.583. The Balaban J connectivity index is 2.04. The van der Waals surface area contributed by atoms with Crippen LogP contribution in [0.3, 0.4) is 0 Å². The van der Waals surface area contributed by atoms with Crippen molar-refractivity contribution in [1.82, 2.24) is 14.5 Å². The number of aromatic amines is 1. The van der Waals surface area contributed by atoms with Crippen LogP contribution in [0.5, 0.6) is 0 Å². The zero-order valence-electron chi connectivity index (χ0n) is 10.5. The molecule has 2 heterocycles. The molecule has 1 atom stereocenters. The first-order chi connectivity index (χ1) is 9.75. The molecule has 0 radical (unpaired) electrons. The molecule has 1 N–H and O–H groups in total. The summed E-state index contributed by atoms with van der Waals surface area (Å²) in [6.07, 6.45) is 7.16. The Morgan fingerprint density at radius 1 is 1.25 bits per heavy atom. The topological polar surface area (TPSA) is 76.8 Å². The fourth-order valence-electron chi connectivity index (χ4n) is 2.23. The second-order valence-corrected chi connectivity index (χ2v) is 4.39. The third kappa shape index (κ3) is 2.18. The maximum atomic E-state index is 10.7. The summed E-state index contributed by atoms with van der Waals surface area (Å²) in [6, 6.07) is 10.4. The fourth-order valence-corrected chi connectivity index (χ4v) is 2.23. The summed E-state index contributed by atoms with van der Waals surface area (Å²) < 4.78 is 1.95. The van der Waals surface area contributed by atoms with Crippen molar-refractivity contribution in [1.29, 1.82) is 0 Å². The fraction of sp³-hybridized carbons (Fsp3) is 0.0714. The number of hydrogen-bond acceptors (Lipinski definition) is 3. The summed E-state index contributed by atoms with van der Waals surface area (Å²) in [4.78, 5) is 17.6. The van der Waals surface area contributed by atoms with Crippen LogP contribution < -0.4 is 0 Å². The minimum Gasteiger partial charge on any atom is -0.363 e. The van der Waals surface area contributed by atoms with E-state index < -0.39 is 4.92 Å². The van der Waals surface area contributed by atoms with Gasteiger partial charge in [0.15, 0.2) is 0 Å². The normalized spacial score (nSPS) is 12.2. The number of nitrogens with one attached hydrogen (secondary N) is 1. The van der Waals surface area contributed by atoms with Gasteiger partial charge in [-0.05, 0) is 29.8 Å². The molecule has 1 aromatic carbocycles. The van der Waals surface area contributed by atoms with Crippen LogP contribution in [0.2, 0.25) is 0 Å². The molecule has 0 fully saturated rings. The number of benzene rings is 1. The number of aromatic nitrogens is 3. The van der Waals surface area contributed by atoms with E-state index in [1.54, 1.807) is 24.7 Å². The molecule has 2 aromatic heterocycles. The van der Waals surface area contributed by atoms with Crippen LogP contribution in [0.15, 0.2) is 61.3 Å². The van der Waals surface area contributed by atoms with Gasteiger partial charge >= 0.3 is 0 Å². The zero-order valence-corrected chi connectivity index (χ0v) is 10.5. The number of rotatable bonds is 4. The number of nitro benzene ring substituents is 1. The average molecular weight is 268 g/mol. The van der Waals surface area contributed by atoms with Gasteiger partial charge in [-0.2, -0.15) is 0 Å². The molecule has 100 valence electrons. The lowest BCUT2D eigenvalue weighted by Gasteiger charge is -2.17. The number of hydrogen-bond donors (Lipinski definition) is 1. The molecular formula is C14H12N4O2. The summed E-state index contributed by atoms with van der Waals surface area (Å²) in [7, 11) is 0. The van der Waals surface area contributed by atoms with E-state index in [1.165, 1.54) is 12.1 Å². The van der Waals surface area contributed by atoms with Crippen molar-refractivity contribution in [2.75, 3.05) is 0 Å². The van der Waals surface area contributed by atoms with Crippen LogP contribution in [0.4, 0.5) is 5.69 Å². The van der Waals surface area contributed by atoms with Gasteiger partial charge in [-0.3, -0.25) is 10.1 Å². The van der Waals surface area contributed by atoms with E-state index in [1.807, 2.05) is 29.1 Å². The molecule has 0 saturated carbocycles. The van der Waals surface area contributed by atoms with Gasteiger partial charge in [0, 0.05) is 36.4 Å². The summed E-state index contributed by atoms with van der Waals surface area (Å²) in [5, 5.41) is 10.7. The van der Waals surface area contributed by atoms with Crippen LogP contribution in [-0.4, -0.2) is 19.5 Å². The Labute approximate surface area is 114 Å². The lowest BCUT2D eigenvalue weighted by Crippen LogP contribution is -2.11. The Morgan fingerprint density at radius 3 is 2.60 bits per heavy atom. The van der Waals surface area contributed by atoms with Crippen LogP contribution >= 0.6 is 0 Å². The average Bonchev–Trinajstić information content (AvgIpc) is 3.13. The zero-order chi connectivity index (χ0) is 13.9. The van der Waals surface area contributed by atoms with Gasteiger partial charge in [0.25, 0.3) is 5.69 Å². The summed E-state index contributed by atoms with van der Waals surface area (Å²) in [6.45, 7) is 0. The molecule has 0 saturated heterocycles. The highest BCUT2D eigenvalue weighted by atomic mass is 16.6. The first-order valence-corrected chi connectivity index (χ1v) is 6.11. The molecule has 0 aliphatic rings. The summed E-state index contributed by atoms with van der Waals surface area (Å²) in [5.41, 5.74) is 2.04. The number of non-ortho nitro benzene ring substituents is 1. The maximum Gasteiger partial charge on any atom is 0.269 e. The van der Waals surface area contributed by atoms with Gasteiger partial charge in [0.1, 0.15) is 0 Å². The third-order valence-corrected chi connectivity index (χ3v) is 3.16. The van der Waals surface area contributed by atoms with Crippen molar-refractivity contribution in [3.05, 3.63) is 82.7 Å². The van der Waals surface area contributed by atoms with Crippen molar-refractivity contribution < 1.29 is 4.92 Å². The van der Waals surface area contributed by atoms with Crippen LogP contribution in [-0.2, 0) is 0 Å². The van der Waals surface area contributed by atoms with Gasteiger partial charge in [0.05, 0.1) is 17.3 Å². The smallest absolute Gasteiger partial charge is 0.269 e. The van der Waals surface area contributed by atoms with E-state index in [4.69, 9.17) is 0 Å². The van der Waals surface area contributed by atoms with E-state index in [0.29, 0.717) is 0 Å². The second-order valence-electron chi connectivity index (χ2n) is 4.39. The molecule has 0 spiro atoms. The lowest BCUT2D eigenvalue weighted by atomic mass is 10.0. The predicted octanol–water partition coefficient (Wildman–Crippen LogP) is 2.76. The molecule has 20 heavy (non-hydrogen) atoms. The predicted molar refractivity (Wildman–Crippen MR) is 73.4 cm³/mol. The van der Waals surface area contributed by atoms with Gasteiger partial charge in [-0.1, -0.05) is 0 Å². The molecule has 3 rings (SSSR count). The standard InChI is InChI=1S/C14H12N4O2/c19-18(20)12-5-3-11(4-6-12)14(13-2-1-7-16-13)17-9-8-15-10-17/h1-10,14,16H. The van der Waals surface area contributed by atoms with E-state index in [0.717, 1.165) is 11.3 Å². The van der Waals surface area contributed by atoms with E-state index >= 15 is 0 Å². The molecule has 6 heteroatoms. The van der Waals surface area contributed by atoms with Gasteiger partial charge in [-0.15, -0.1) is 0 Å². The van der Waals surface area contributed by atoms with E-state index in [-0.39, 0.29) is 11.7 Å². The van der Waals surface area contributed by atoms with Crippen LogP contribution in [0, 0.1) is 10.1 Å². The minimum absolute atomic E-state index is 0.0756. The molecule has 0 aliphatic heterocycles. The highest BCUT2D eigenvalue weighted by Crippen LogP contribution is 2.26. The Hall–Kier alpha value is -2.89. The SMILES string of the molecule is O=[N+]([O-])c1ccc(C(c2ccc[nH]2)n2ccnc2)cc1. The van der Waals surface area contributed by atoms with Crippen molar-refractivity contribution in [3.63, 3.8) is 0 Å². The molecule has 1 unspecified atom stereocenters. The van der Waals surface area contributed by atoms with Crippen molar-refractivity contribution >= 4 is 5.69 Å². The Kier molecular flexibility index (Phi) is 3.04. The molecule has 0 aliphatic carbocycles. The van der Waals surface area contributed by atoms with Crippen molar-refractivity contribution in [3.8, 4) is 0 Å². The van der Waals surface area contributed by atoms with E-state index in [9.17, 15) is 10.1 Å². The van der Waals surface area contributed by atoms with Gasteiger partial charge in [-0.25, -0.2) is 4.98 Å². The lowest BCUT2D eigenvalue weighted by molar-refractivity contribution is -0.384. The molecule has 3 aromatic rings. The Bertz CT molecular complexity index is 653. The van der Waals surface area contributed by atoms with Gasteiger partial charge < -0.3 is 9.55 Å². The first-order valence-electron chi connectivity index (χ1n) is 6.11. The Morgan fingerprint density at radius 2 is 2.05 bits per heavy atom.